The van der Waals surface area contributed by atoms with E-state index in [1.807, 2.05) is 0 Å². The summed E-state index contributed by atoms with van der Waals surface area (Å²) in [6.45, 7) is 0.920. The van der Waals surface area contributed by atoms with Gasteiger partial charge in [0.15, 0.2) is 5.16 Å². The van der Waals surface area contributed by atoms with Crippen molar-refractivity contribution in [3.8, 4) is 0 Å². The minimum absolute atomic E-state index is 0.322. The van der Waals surface area contributed by atoms with Gasteiger partial charge in [-0.15, -0.1) is 10.2 Å². The third-order valence-electron chi connectivity index (χ3n) is 3.33. The van der Waals surface area contributed by atoms with Gasteiger partial charge in [0.25, 0.3) is 0 Å². The van der Waals surface area contributed by atoms with Gasteiger partial charge in [-0.05, 0) is 52.7 Å². The van der Waals surface area contributed by atoms with E-state index in [0.29, 0.717) is 15.1 Å². The van der Waals surface area contributed by atoms with Crippen LogP contribution in [0.4, 0.5) is 10.1 Å². The van der Waals surface area contributed by atoms with Crippen LogP contribution in [0.25, 0.3) is 0 Å². The van der Waals surface area contributed by atoms with E-state index in [4.69, 9.17) is 5.73 Å². The van der Waals surface area contributed by atoms with Gasteiger partial charge in [0.1, 0.15) is 11.6 Å². The second kappa shape index (κ2) is 5.73. The molecule has 0 amide bonds. The molecule has 0 radical (unpaired) electrons. The standard InChI is InChI=1S/C13H14BrFN4S/c14-8-6-10(16)11(7-9(8)15)20-13-18-17-12-4-2-1-3-5-19(12)13/h6-7H,1-5,16H2. The van der Waals surface area contributed by atoms with E-state index >= 15 is 0 Å². The van der Waals surface area contributed by atoms with Gasteiger partial charge in [-0.25, -0.2) is 4.39 Å². The van der Waals surface area contributed by atoms with Gasteiger partial charge in [0.2, 0.25) is 0 Å². The van der Waals surface area contributed by atoms with Crippen LogP contribution < -0.4 is 5.73 Å². The molecule has 0 unspecified atom stereocenters. The van der Waals surface area contributed by atoms with Crippen molar-refractivity contribution < 1.29 is 4.39 Å². The molecule has 1 aliphatic rings. The fourth-order valence-corrected chi connectivity index (χ4v) is 3.55. The lowest BCUT2D eigenvalue weighted by atomic mass is 10.2. The molecule has 0 atom stereocenters. The number of nitrogen functional groups attached to an aromatic ring is 1. The topological polar surface area (TPSA) is 56.7 Å². The van der Waals surface area contributed by atoms with E-state index in [-0.39, 0.29) is 5.82 Å². The van der Waals surface area contributed by atoms with Crippen LogP contribution in [0.3, 0.4) is 0 Å². The molecule has 0 spiro atoms. The van der Waals surface area contributed by atoms with Gasteiger partial charge in [-0.1, -0.05) is 6.42 Å². The molecule has 0 saturated carbocycles. The highest BCUT2D eigenvalue weighted by molar-refractivity contribution is 9.10. The maximum absolute atomic E-state index is 13.6. The Morgan fingerprint density at radius 2 is 2.10 bits per heavy atom. The molecule has 2 aromatic rings. The molecule has 2 N–H and O–H groups in total. The van der Waals surface area contributed by atoms with Crippen LogP contribution in [0.5, 0.6) is 0 Å². The molecular formula is C13H14BrFN4S. The Labute approximate surface area is 129 Å². The Balaban J connectivity index is 1.92. The Morgan fingerprint density at radius 3 is 2.95 bits per heavy atom. The summed E-state index contributed by atoms with van der Waals surface area (Å²) in [6.07, 6.45) is 4.45. The molecule has 0 saturated heterocycles. The first-order valence-corrected chi connectivity index (χ1v) is 8.10. The van der Waals surface area contributed by atoms with Crippen LogP contribution in [0, 0.1) is 5.82 Å². The lowest BCUT2D eigenvalue weighted by molar-refractivity contribution is 0.590. The van der Waals surface area contributed by atoms with Crippen molar-refractivity contribution in [3.63, 3.8) is 0 Å². The highest BCUT2D eigenvalue weighted by Crippen LogP contribution is 2.35. The maximum Gasteiger partial charge on any atom is 0.196 e. The normalized spacial score (nSPS) is 14.9. The Morgan fingerprint density at radius 1 is 1.25 bits per heavy atom. The minimum Gasteiger partial charge on any atom is -0.398 e. The first-order chi connectivity index (χ1) is 9.65. The van der Waals surface area contributed by atoms with Crippen molar-refractivity contribution in [2.45, 2.75) is 42.3 Å². The summed E-state index contributed by atoms with van der Waals surface area (Å²) in [4.78, 5) is 0.671. The number of benzene rings is 1. The van der Waals surface area contributed by atoms with E-state index in [2.05, 4.69) is 30.7 Å². The van der Waals surface area contributed by atoms with Gasteiger partial charge in [0, 0.05) is 23.5 Å². The minimum atomic E-state index is -0.322. The number of nitrogens with two attached hydrogens (primary N) is 1. The second-order valence-corrected chi connectivity index (χ2v) is 6.63. The number of nitrogens with zero attached hydrogens (tertiary/aromatic N) is 3. The molecule has 7 heteroatoms. The fraction of sp³-hybridized carbons (Fsp3) is 0.385. The Bertz CT molecular complexity index is 644. The third kappa shape index (κ3) is 2.69. The number of halogens is 2. The van der Waals surface area contributed by atoms with Gasteiger partial charge in [-0.3, -0.25) is 0 Å². The van der Waals surface area contributed by atoms with E-state index < -0.39 is 0 Å². The first-order valence-electron chi connectivity index (χ1n) is 6.49. The molecule has 20 heavy (non-hydrogen) atoms. The van der Waals surface area contributed by atoms with Crippen LogP contribution in [-0.2, 0) is 13.0 Å². The molecule has 0 aliphatic carbocycles. The quantitative estimate of drug-likeness (QED) is 0.834. The van der Waals surface area contributed by atoms with Crippen LogP contribution in [0.1, 0.15) is 25.1 Å². The van der Waals surface area contributed by atoms with E-state index in [9.17, 15) is 4.39 Å². The molecule has 4 nitrogen and oxygen atoms in total. The van der Waals surface area contributed by atoms with E-state index in [0.717, 1.165) is 36.8 Å². The summed E-state index contributed by atoms with van der Waals surface area (Å²) in [5.41, 5.74) is 6.48. The van der Waals surface area contributed by atoms with Gasteiger partial charge < -0.3 is 10.3 Å². The summed E-state index contributed by atoms with van der Waals surface area (Å²) in [5.74, 6) is 0.693. The molecule has 1 aromatic carbocycles. The molecule has 106 valence electrons. The predicted octanol–water partition coefficient (Wildman–Crippen LogP) is 3.64. The van der Waals surface area contributed by atoms with Crippen LogP contribution in [-0.4, -0.2) is 14.8 Å². The number of anilines is 1. The number of rotatable bonds is 2. The van der Waals surface area contributed by atoms with Crippen molar-refractivity contribution in [1.82, 2.24) is 14.8 Å². The Hall–Kier alpha value is -1.08. The molecule has 0 fully saturated rings. The smallest absolute Gasteiger partial charge is 0.196 e. The van der Waals surface area contributed by atoms with Crippen molar-refractivity contribution in [3.05, 3.63) is 28.2 Å². The van der Waals surface area contributed by atoms with Crippen molar-refractivity contribution >= 4 is 33.4 Å². The van der Waals surface area contributed by atoms with Crippen molar-refractivity contribution in [1.29, 1.82) is 0 Å². The second-order valence-electron chi connectivity index (χ2n) is 4.77. The van der Waals surface area contributed by atoms with Gasteiger partial charge in [-0.2, -0.15) is 0 Å². The molecule has 1 aliphatic heterocycles. The van der Waals surface area contributed by atoms with Crippen LogP contribution in [0.2, 0.25) is 0 Å². The van der Waals surface area contributed by atoms with E-state index in [1.165, 1.54) is 24.2 Å². The van der Waals surface area contributed by atoms with Crippen molar-refractivity contribution in [2.75, 3.05) is 5.73 Å². The lowest BCUT2D eigenvalue weighted by Crippen LogP contribution is -2.02. The monoisotopic (exact) mass is 356 g/mol. The summed E-state index contributed by atoms with van der Waals surface area (Å²) in [6, 6.07) is 3.01. The highest BCUT2D eigenvalue weighted by Gasteiger charge is 2.17. The SMILES string of the molecule is Nc1cc(Br)c(F)cc1Sc1nnc2n1CCCCC2. The van der Waals surface area contributed by atoms with Gasteiger partial charge in [0.05, 0.1) is 4.47 Å². The molecular weight excluding hydrogens is 343 g/mol. The van der Waals surface area contributed by atoms with E-state index in [1.54, 1.807) is 6.07 Å². The number of aromatic nitrogens is 3. The highest BCUT2D eigenvalue weighted by atomic mass is 79.9. The number of hydrogen-bond donors (Lipinski definition) is 1. The number of fused-ring (bicyclic) bond motifs is 1. The summed E-state index contributed by atoms with van der Waals surface area (Å²) in [7, 11) is 0. The van der Waals surface area contributed by atoms with Crippen LogP contribution in [0.15, 0.2) is 26.7 Å². The largest absolute Gasteiger partial charge is 0.398 e. The molecule has 1 aromatic heterocycles. The maximum atomic E-state index is 13.6. The summed E-state index contributed by atoms with van der Waals surface area (Å²) < 4.78 is 16.1. The zero-order valence-electron chi connectivity index (χ0n) is 10.8. The summed E-state index contributed by atoms with van der Waals surface area (Å²) >= 11 is 4.50. The van der Waals surface area contributed by atoms with Crippen molar-refractivity contribution in [2.24, 2.45) is 0 Å². The number of aryl methyl sites for hydroxylation is 1. The zero-order chi connectivity index (χ0) is 14.1. The third-order valence-corrected chi connectivity index (χ3v) is 5.00. The lowest BCUT2D eigenvalue weighted by Gasteiger charge is -2.08. The average molecular weight is 357 g/mol. The number of hydrogen-bond acceptors (Lipinski definition) is 4. The molecule has 0 bridgehead atoms. The predicted molar refractivity (Wildman–Crippen MR) is 80.2 cm³/mol. The zero-order valence-corrected chi connectivity index (χ0v) is 13.2. The van der Waals surface area contributed by atoms with Gasteiger partial charge >= 0.3 is 0 Å². The van der Waals surface area contributed by atoms with Crippen LogP contribution >= 0.6 is 27.7 Å². The first kappa shape index (κ1) is 13.9. The fourth-order valence-electron chi connectivity index (χ4n) is 2.26. The Kier molecular flexibility index (Phi) is 3.98. The molecule has 3 rings (SSSR count). The average Bonchev–Trinajstić information content (AvgIpc) is 2.65. The summed E-state index contributed by atoms with van der Waals surface area (Å²) in [5, 5.41) is 9.23. The molecule has 2 heterocycles.